The summed E-state index contributed by atoms with van der Waals surface area (Å²) in [7, 11) is 0. The van der Waals surface area contributed by atoms with E-state index in [1.165, 1.54) is 42.5 Å². The summed E-state index contributed by atoms with van der Waals surface area (Å²) in [5, 5.41) is 27.2. The molecule has 3 N–H and O–H groups in total. The monoisotopic (exact) mass is 493 g/mol. The van der Waals surface area contributed by atoms with Crippen molar-refractivity contribution in [2.24, 2.45) is 0 Å². The second kappa shape index (κ2) is 9.54. The van der Waals surface area contributed by atoms with Crippen molar-refractivity contribution in [1.29, 1.82) is 5.41 Å². The van der Waals surface area contributed by atoms with Crippen molar-refractivity contribution in [3.8, 4) is 11.5 Å². The van der Waals surface area contributed by atoms with Crippen LogP contribution in [0.2, 0.25) is 0 Å². The van der Waals surface area contributed by atoms with Crippen LogP contribution >= 0.6 is 0 Å². The van der Waals surface area contributed by atoms with Gasteiger partial charge in [0.1, 0.15) is 33.8 Å². The highest BCUT2D eigenvalue weighted by atomic mass is 16.6. The van der Waals surface area contributed by atoms with Crippen LogP contribution in [0.15, 0.2) is 67.0 Å². The van der Waals surface area contributed by atoms with Crippen molar-refractivity contribution < 1.29 is 42.9 Å². The van der Waals surface area contributed by atoms with Crippen LogP contribution in [0.25, 0.3) is 21.9 Å². The number of rotatable bonds is 5. The number of phenols is 2. The van der Waals surface area contributed by atoms with Crippen molar-refractivity contribution in [2.45, 2.75) is 12.8 Å². The van der Waals surface area contributed by atoms with Gasteiger partial charge in [0.2, 0.25) is 0 Å². The first-order chi connectivity index (χ1) is 17.1. The summed E-state index contributed by atoms with van der Waals surface area (Å²) in [6.07, 6.45) is -1.02. The van der Waals surface area contributed by atoms with Gasteiger partial charge < -0.3 is 28.5 Å². The number of ether oxygens (including phenoxy) is 2. The van der Waals surface area contributed by atoms with E-state index >= 15 is 0 Å². The lowest BCUT2D eigenvalue weighted by Crippen LogP contribution is -2.22. The number of hydrogen-bond acceptors (Lipinski definition) is 12. The molecule has 0 radical (unpaired) electrons. The Hall–Kier alpha value is -5.26. The summed E-state index contributed by atoms with van der Waals surface area (Å²) in [5.41, 5.74) is -3.14. The molecular weight excluding hydrogens is 478 g/mol. The largest absolute Gasteiger partial charge is 0.508 e. The molecule has 36 heavy (non-hydrogen) atoms. The maximum Gasteiger partial charge on any atom is 0.353 e. The van der Waals surface area contributed by atoms with Gasteiger partial charge in [0.05, 0.1) is 6.42 Å². The first-order valence-electron chi connectivity index (χ1n) is 10.2. The van der Waals surface area contributed by atoms with E-state index in [0.717, 1.165) is 6.07 Å². The molecule has 0 aliphatic rings. The smallest absolute Gasteiger partial charge is 0.353 e. The second-order valence-electron chi connectivity index (χ2n) is 7.41. The summed E-state index contributed by atoms with van der Waals surface area (Å²) in [6, 6.07) is 10.1. The maximum atomic E-state index is 12.3. The first-order valence-corrected chi connectivity index (χ1v) is 10.2. The predicted molar refractivity (Wildman–Crippen MR) is 121 cm³/mol. The van der Waals surface area contributed by atoms with Gasteiger partial charge in [-0.1, -0.05) is 0 Å². The fourth-order valence-electron chi connectivity index (χ4n) is 3.13. The van der Waals surface area contributed by atoms with Gasteiger partial charge >= 0.3 is 29.2 Å². The summed E-state index contributed by atoms with van der Waals surface area (Å²) in [6.45, 7) is 0. The van der Waals surface area contributed by atoms with Gasteiger partial charge in [0.15, 0.2) is 5.90 Å². The lowest BCUT2D eigenvalue weighted by atomic mass is 10.2. The Kier molecular flexibility index (Phi) is 6.33. The van der Waals surface area contributed by atoms with E-state index < -0.39 is 59.0 Å². The molecule has 0 amide bonds. The van der Waals surface area contributed by atoms with Gasteiger partial charge in [-0.05, 0) is 36.4 Å². The number of esters is 3. The average molecular weight is 493 g/mol. The minimum Gasteiger partial charge on any atom is -0.508 e. The third-order valence-electron chi connectivity index (χ3n) is 4.86. The molecule has 12 heteroatoms. The number of hydrogen-bond donors (Lipinski definition) is 3. The molecule has 4 aromatic rings. The minimum absolute atomic E-state index is 0.0248. The van der Waals surface area contributed by atoms with Crippen molar-refractivity contribution in [3.63, 3.8) is 0 Å². The Bertz CT molecular complexity index is 1550. The molecule has 0 bridgehead atoms. The molecule has 12 nitrogen and oxygen atoms in total. The fourth-order valence-corrected chi connectivity index (χ4v) is 3.13. The normalized spacial score (nSPS) is 10.8. The van der Waals surface area contributed by atoms with Gasteiger partial charge in [-0.2, -0.15) is 0 Å². The van der Waals surface area contributed by atoms with Crippen LogP contribution in [0.3, 0.4) is 0 Å². The standard InChI is InChI=1S/C24H15NO11/c25-19(35-23(31)15-7-11-1-3-13(26)9-17(11)33-21(15)29)5-6-20(28)36-24(32)16-8-12-2-4-14(27)10-18(12)34-22(16)30/h1-4,7-10,25-27H,5-6H2. The molecule has 2 heterocycles. The van der Waals surface area contributed by atoms with Crippen LogP contribution in [-0.4, -0.2) is 34.0 Å². The zero-order valence-corrected chi connectivity index (χ0v) is 18.1. The third kappa shape index (κ3) is 5.12. The van der Waals surface area contributed by atoms with Crippen molar-refractivity contribution >= 4 is 45.7 Å². The highest BCUT2D eigenvalue weighted by Crippen LogP contribution is 2.20. The molecular formula is C24H15NO11. The number of nitrogens with one attached hydrogen (secondary N) is 1. The Morgan fingerprint density at radius 3 is 1.69 bits per heavy atom. The quantitative estimate of drug-likeness (QED) is 0.122. The van der Waals surface area contributed by atoms with E-state index in [0.29, 0.717) is 10.8 Å². The van der Waals surface area contributed by atoms with Crippen molar-refractivity contribution in [1.82, 2.24) is 0 Å². The molecule has 0 fully saturated rings. The molecule has 0 spiro atoms. The molecule has 0 unspecified atom stereocenters. The molecule has 2 aromatic carbocycles. The number of fused-ring (bicyclic) bond motifs is 2. The van der Waals surface area contributed by atoms with Crippen molar-refractivity contribution in [2.75, 3.05) is 0 Å². The SMILES string of the molecule is N=C(CCC(=O)OC(=O)c1cc2ccc(O)cc2oc1=O)OC(=O)c1cc2ccc(O)cc2oc1=O. The first kappa shape index (κ1) is 23.9. The van der Waals surface area contributed by atoms with Crippen LogP contribution in [0.4, 0.5) is 0 Å². The summed E-state index contributed by atoms with van der Waals surface area (Å²) >= 11 is 0. The fraction of sp³-hybridized carbons (Fsp3) is 0.0833. The Morgan fingerprint density at radius 2 is 1.19 bits per heavy atom. The van der Waals surface area contributed by atoms with E-state index in [4.69, 9.17) is 19.0 Å². The number of aromatic hydroxyl groups is 2. The molecule has 4 rings (SSSR count). The van der Waals surface area contributed by atoms with Crippen LogP contribution in [-0.2, 0) is 14.3 Å². The lowest BCUT2D eigenvalue weighted by Gasteiger charge is -2.06. The van der Waals surface area contributed by atoms with Crippen LogP contribution in [0.1, 0.15) is 33.6 Å². The lowest BCUT2D eigenvalue weighted by molar-refractivity contribution is -0.137. The minimum atomic E-state index is -1.29. The van der Waals surface area contributed by atoms with E-state index in [1.54, 1.807) is 0 Å². The molecule has 0 saturated heterocycles. The zero-order valence-electron chi connectivity index (χ0n) is 18.1. The van der Waals surface area contributed by atoms with Gasteiger partial charge in [-0.3, -0.25) is 10.2 Å². The zero-order chi connectivity index (χ0) is 26.0. The summed E-state index contributed by atoms with van der Waals surface area (Å²) in [5.74, 6) is -4.59. The number of phenolic OH excluding ortho intramolecular Hbond substituents is 2. The Balaban J connectivity index is 1.35. The summed E-state index contributed by atoms with van der Waals surface area (Å²) in [4.78, 5) is 60.5. The number of benzene rings is 2. The van der Waals surface area contributed by atoms with Crippen LogP contribution in [0, 0.1) is 5.41 Å². The van der Waals surface area contributed by atoms with Gasteiger partial charge in [0, 0.05) is 29.3 Å². The van der Waals surface area contributed by atoms with E-state index in [9.17, 15) is 34.2 Å². The van der Waals surface area contributed by atoms with Crippen molar-refractivity contribution in [3.05, 3.63) is 80.5 Å². The Morgan fingerprint density at radius 1 is 0.722 bits per heavy atom. The number of carbonyl (C=O) groups is 3. The highest BCUT2D eigenvalue weighted by Gasteiger charge is 2.21. The molecule has 2 aromatic heterocycles. The second-order valence-corrected chi connectivity index (χ2v) is 7.41. The topological polar surface area (TPSA) is 194 Å². The van der Waals surface area contributed by atoms with E-state index in [2.05, 4.69) is 4.74 Å². The number of carbonyl (C=O) groups excluding carboxylic acids is 3. The van der Waals surface area contributed by atoms with Gasteiger partial charge in [-0.15, -0.1) is 0 Å². The molecule has 0 saturated carbocycles. The Labute approximate surface area is 199 Å². The highest BCUT2D eigenvalue weighted by molar-refractivity contribution is 6.01. The molecule has 0 aliphatic heterocycles. The van der Waals surface area contributed by atoms with Gasteiger partial charge in [-0.25, -0.2) is 19.2 Å². The van der Waals surface area contributed by atoms with E-state index in [1.807, 2.05) is 0 Å². The van der Waals surface area contributed by atoms with Crippen LogP contribution in [0.5, 0.6) is 11.5 Å². The third-order valence-corrected chi connectivity index (χ3v) is 4.86. The van der Waals surface area contributed by atoms with E-state index in [-0.39, 0.29) is 22.7 Å². The molecule has 182 valence electrons. The van der Waals surface area contributed by atoms with Gasteiger partial charge in [0.25, 0.3) is 0 Å². The maximum absolute atomic E-state index is 12.3. The van der Waals surface area contributed by atoms with Crippen LogP contribution < -0.4 is 11.3 Å². The average Bonchev–Trinajstić information content (AvgIpc) is 2.81. The molecule has 0 atom stereocenters. The predicted octanol–water partition coefficient (Wildman–Crippen LogP) is 2.61. The molecule has 0 aliphatic carbocycles. The summed E-state index contributed by atoms with van der Waals surface area (Å²) < 4.78 is 19.3.